The van der Waals surface area contributed by atoms with Gasteiger partial charge in [0.25, 0.3) is 5.56 Å². The smallest absolute Gasteiger partial charge is 0.255 e. The van der Waals surface area contributed by atoms with Gasteiger partial charge in [-0.2, -0.15) is 11.8 Å². The van der Waals surface area contributed by atoms with Gasteiger partial charge in [-0.25, -0.2) is 4.98 Å². The first kappa shape index (κ1) is 23.4. The molecule has 164 valence electrons. The number of halogens is 1. The molecule has 0 saturated heterocycles. The summed E-state index contributed by atoms with van der Waals surface area (Å²) in [6, 6.07) is 16.3. The van der Waals surface area contributed by atoms with Crippen LogP contribution in [0.1, 0.15) is 22.3 Å². The summed E-state index contributed by atoms with van der Waals surface area (Å²) in [6.07, 6.45) is 3.15. The Morgan fingerprint density at radius 1 is 1.10 bits per heavy atom. The van der Waals surface area contributed by atoms with Gasteiger partial charge in [-0.15, -0.1) is 0 Å². The highest BCUT2D eigenvalue weighted by molar-refractivity contribution is 7.98. The summed E-state index contributed by atoms with van der Waals surface area (Å²) in [5.41, 5.74) is 4.10. The molecule has 2 N–H and O–H groups in total. The lowest BCUT2D eigenvalue weighted by molar-refractivity contribution is 0.413. The van der Waals surface area contributed by atoms with E-state index in [2.05, 4.69) is 58.5 Å². The Morgan fingerprint density at radius 2 is 1.90 bits per heavy atom. The molecule has 3 aromatic rings. The summed E-state index contributed by atoms with van der Waals surface area (Å²) in [6.45, 7) is 1.79. The lowest BCUT2D eigenvalue weighted by atomic mass is 10.1. The van der Waals surface area contributed by atoms with Crippen molar-refractivity contribution >= 4 is 29.3 Å². The molecule has 0 aliphatic rings. The number of benzene rings is 2. The van der Waals surface area contributed by atoms with Crippen molar-refractivity contribution < 1.29 is 0 Å². The first-order valence-electron chi connectivity index (χ1n) is 10.4. The summed E-state index contributed by atoms with van der Waals surface area (Å²) >= 11 is 8.05. The molecule has 0 aliphatic carbocycles. The number of H-pyrrole nitrogens is 1. The third-order valence-corrected chi connectivity index (χ3v) is 6.26. The van der Waals surface area contributed by atoms with Gasteiger partial charge in [-0.3, -0.25) is 9.78 Å². The second kappa shape index (κ2) is 11.9. The number of thioether (sulfide) groups is 1. The molecule has 31 heavy (non-hydrogen) atoms. The minimum absolute atomic E-state index is 0.139. The molecular weight excluding hydrogens is 428 g/mol. The predicted molar refractivity (Wildman–Crippen MR) is 132 cm³/mol. The van der Waals surface area contributed by atoms with Crippen LogP contribution in [-0.4, -0.2) is 47.8 Å². The molecule has 5 nitrogen and oxygen atoms in total. The van der Waals surface area contributed by atoms with Gasteiger partial charge in [0, 0.05) is 47.8 Å². The Bertz CT molecular complexity index is 1040. The van der Waals surface area contributed by atoms with E-state index < -0.39 is 0 Å². The molecule has 3 rings (SSSR count). The maximum atomic E-state index is 12.4. The molecule has 2 aromatic carbocycles. The second-order valence-electron chi connectivity index (χ2n) is 7.71. The first-order chi connectivity index (χ1) is 15.0. The second-order valence-corrected chi connectivity index (χ2v) is 9.22. The fraction of sp³-hybridized carbons (Fsp3) is 0.333. The highest BCUT2D eigenvalue weighted by Gasteiger charge is 2.06. The Labute approximate surface area is 193 Å². The van der Waals surface area contributed by atoms with E-state index in [9.17, 15) is 4.79 Å². The molecule has 0 unspecified atom stereocenters. The van der Waals surface area contributed by atoms with Crippen molar-refractivity contribution in [3.05, 3.63) is 92.4 Å². The van der Waals surface area contributed by atoms with Crippen LogP contribution in [0.2, 0.25) is 5.02 Å². The van der Waals surface area contributed by atoms with Gasteiger partial charge in [-0.05, 0) is 43.3 Å². The Morgan fingerprint density at radius 3 is 2.68 bits per heavy atom. The minimum atomic E-state index is -0.139. The van der Waals surface area contributed by atoms with Crippen molar-refractivity contribution in [2.45, 2.75) is 18.6 Å². The number of hydrogen-bond donors (Lipinski definition) is 2. The zero-order valence-electron chi connectivity index (χ0n) is 18.0. The molecule has 7 heteroatoms. The molecule has 0 fully saturated rings. The Kier molecular flexibility index (Phi) is 9.00. The van der Waals surface area contributed by atoms with E-state index in [1.807, 2.05) is 36.0 Å². The number of nitrogens with one attached hydrogen (secondary N) is 2. The Hall–Kier alpha value is -2.28. The number of aromatic nitrogens is 2. The van der Waals surface area contributed by atoms with Gasteiger partial charge in [0.05, 0.1) is 0 Å². The molecule has 1 aromatic heterocycles. The number of hydrogen-bond acceptors (Lipinski definition) is 5. The number of nitrogens with zero attached hydrogens (tertiary/aromatic N) is 2. The van der Waals surface area contributed by atoms with Crippen molar-refractivity contribution in [2.75, 3.05) is 38.3 Å². The van der Waals surface area contributed by atoms with Gasteiger partial charge >= 0.3 is 0 Å². The van der Waals surface area contributed by atoms with E-state index in [1.54, 1.807) is 6.20 Å². The summed E-state index contributed by atoms with van der Waals surface area (Å²) in [7, 11) is 4.20. The summed E-state index contributed by atoms with van der Waals surface area (Å²) in [5, 5.41) is 3.86. The molecule has 0 amide bonds. The third kappa shape index (κ3) is 7.73. The summed E-state index contributed by atoms with van der Waals surface area (Å²) < 4.78 is 0. The van der Waals surface area contributed by atoms with Crippen molar-refractivity contribution in [3.63, 3.8) is 0 Å². The van der Waals surface area contributed by atoms with Gasteiger partial charge in [0.1, 0.15) is 0 Å². The van der Waals surface area contributed by atoms with Crippen LogP contribution < -0.4 is 10.9 Å². The molecular formula is C24H29ClN4OS. The van der Waals surface area contributed by atoms with Crippen LogP contribution in [0, 0.1) is 0 Å². The average Bonchev–Trinajstić information content (AvgIpc) is 2.75. The number of likely N-dealkylation sites (N-methyl/N-ethyl adjacent to an activating group) is 1. The molecule has 0 bridgehead atoms. The van der Waals surface area contributed by atoms with Crippen LogP contribution in [0.25, 0.3) is 0 Å². The van der Waals surface area contributed by atoms with Crippen LogP contribution in [0.4, 0.5) is 5.95 Å². The number of anilines is 1. The molecule has 0 spiro atoms. The van der Waals surface area contributed by atoms with E-state index in [-0.39, 0.29) is 5.56 Å². The zero-order valence-corrected chi connectivity index (χ0v) is 19.6. The lowest BCUT2D eigenvalue weighted by Gasteiger charge is -2.10. The van der Waals surface area contributed by atoms with Gasteiger partial charge in [-0.1, -0.05) is 54.1 Å². The molecule has 0 radical (unpaired) electrons. The fourth-order valence-electron chi connectivity index (χ4n) is 3.14. The zero-order chi connectivity index (χ0) is 22.1. The predicted octanol–water partition coefficient (Wildman–Crippen LogP) is 4.46. The van der Waals surface area contributed by atoms with Crippen molar-refractivity contribution in [1.82, 2.24) is 14.9 Å². The van der Waals surface area contributed by atoms with Crippen LogP contribution in [0.15, 0.2) is 59.5 Å². The maximum absolute atomic E-state index is 12.4. The first-order valence-corrected chi connectivity index (χ1v) is 11.9. The summed E-state index contributed by atoms with van der Waals surface area (Å²) in [5.74, 6) is 2.39. The highest BCUT2D eigenvalue weighted by Crippen LogP contribution is 2.17. The topological polar surface area (TPSA) is 61.0 Å². The number of rotatable bonds is 11. The van der Waals surface area contributed by atoms with Gasteiger partial charge < -0.3 is 10.2 Å². The van der Waals surface area contributed by atoms with E-state index >= 15 is 0 Å². The quantitative estimate of drug-likeness (QED) is 0.417. The monoisotopic (exact) mass is 456 g/mol. The molecule has 0 aliphatic heterocycles. The van der Waals surface area contributed by atoms with Crippen LogP contribution in [0.5, 0.6) is 0 Å². The third-order valence-electron chi connectivity index (χ3n) is 4.86. The van der Waals surface area contributed by atoms with Crippen molar-refractivity contribution in [3.8, 4) is 0 Å². The highest BCUT2D eigenvalue weighted by atomic mass is 35.5. The SMILES string of the molecule is CN(C)CCc1cccc(CSCCNc2ncc(Cc3ccccc3Cl)c(=O)[nH]2)c1. The van der Waals surface area contributed by atoms with E-state index in [0.29, 0.717) is 23.0 Å². The minimum Gasteiger partial charge on any atom is -0.355 e. The Balaban J connectivity index is 1.43. The van der Waals surface area contributed by atoms with E-state index in [0.717, 1.165) is 36.6 Å². The standard InChI is InChI=1S/C24H29ClN4OS/c1-29(2)12-10-18-6-5-7-19(14-18)17-31-13-11-26-24-27-16-21(23(30)28-24)15-20-8-3-4-9-22(20)25/h3-9,14,16H,10-13,15,17H2,1-2H3,(H2,26,27,28,30). The number of aromatic amines is 1. The van der Waals surface area contributed by atoms with Crippen LogP contribution in [-0.2, 0) is 18.6 Å². The average molecular weight is 457 g/mol. The fourth-order valence-corrected chi connectivity index (χ4v) is 4.15. The van der Waals surface area contributed by atoms with E-state index in [4.69, 9.17) is 11.6 Å². The van der Waals surface area contributed by atoms with Gasteiger partial charge in [0.15, 0.2) is 0 Å². The van der Waals surface area contributed by atoms with Crippen molar-refractivity contribution in [1.29, 1.82) is 0 Å². The maximum Gasteiger partial charge on any atom is 0.255 e. The van der Waals surface area contributed by atoms with E-state index in [1.165, 1.54) is 11.1 Å². The summed E-state index contributed by atoms with van der Waals surface area (Å²) in [4.78, 5) is 21.7. The van der Waals surface area contributed by atoms with Crippen LogP contribution >= 0.6 is 23.4 Å². The molecule has 0 atom stereocenters. The van der Waals surface area contributed by atoms with Crippen LogP contribution in [0.3, 0.4) is 0 Å². The largest absolute Gasteiger partial charge is 0.355 e. The molecule has 1 heterocycles. The normalized spacial score (nSPS) is 11.1. The lowest BCUT2D eigenvalue weighted by Crippen LogP contribution is -2.18. The van der Waals surface area contributed by atoms with Crippen molar-refractivity contribution in [2.24, 2.45) is 0 Å². The molecule has 0 saturated carbocycles. The van der Waals surface area contributed by atoms with Gasteiger partial charge in [0.2, 0.25) is 5.95 Å².